The molecule has 4 nitrogen and oxygen atoms in total. The number of carbonyl (C=O) groups excluding carboxylic acids is 1. The fraction of sp³-hybridized carbons (Fsp3) is 0.185. The molecule has 1 heterocycles. The second-order valence-electron chi connectivity index (χ2n) is 8.04. The Hall–Kier alpha value is -3.15. The number of aromatic nitrogens is 1. The minimum Gasteiger partial charge on any atom is -0.484 e. The topological polar surface area (TPSA) is 51.2 Å². The number of hydrogen-bond donors (Lipinski definition) is 1. The number of halogens is 1. The van der Waals surface area contributed by atoms with Crippen molar-refractivity contribution >= 4 is 28.8 Å². The van der Waals surface area contributed by atoms with Gasteiger partial charge in [-0.15, -0.1) is 11.3 Å². The molecular weight excluding hydrogens is 452 g/mol. The first-order valence-electron chi connectivity index (χ1n) is 10.7. The van der Waals surface area contributed by atoms with Crippen LogP contribution in [0.5, 0.6) is 5.75 Å². The van der Waals surface area contributed by atoms with Crippen molar-refractivity contribution in [3.63, 3.8) is 0 Å². The number of aryl methyl sites for hydroxylation is 3. The summed E-state index contributed by atoms with van der Waals surface area (Å²) in [5.74, 6) is 0.467. The summed E-state index contributed by atoms with van der Waals surface area (Å²) >= 11 is 7.80. The van der Waals surface area contributed by atoms with Gasteiger partial charge in [0.1, 0.15) is 10.8 Å². The van der Waals surface area contributed by atoms with Crippen molar-refractivity contribution in [2.45, 2.75) is 27.3 Å². The Labute approximate surface area is 203 Å². The second kappa shape index (κ2) is 10.2. The molecule has 33 heavy (non-hydrogen) atoms. The molecule has 0 saturated heterocycles. The molecular formula is C27H25ClN2O2S. The molecule has 168 valence electrons. The quantitative estimate of drug-likeness (QED) is 0.321. The zero-order chi connectivity index (χ0) is 23.4. The summed E-state index contributed by atoms with van der Waals surface area (Å²) in [4.78, 5) is 17.0. The van der Waals surface area contributed by atoms with E-state index < -0.39 is 0 Å². The lowest BCUT2D eigenvalue weighted by atomic mass is 10.1. The van der Waals surface area contributed by atoms with Gasteiger partial charge < -0.3 is 10.1 Å². The van der Waals surface area contributed by atoms with Crippen LogP contribution >= 0.6 is 22.9 Å². The summed E-state index contributed by atoms with van der Waals surface area (Å²) in [5.41, 5.74) is 7.27. The highest BCUT2D eigenvalue weighted by molar-refractivity contribution is 7.13. The number of amides is 1. The lowest BCUT2D eigenvalue weighted by Gasteiger charge is -2.10. The summed E-state index contributed by atoms with van der Waals surface area (Å²) in [6, 6.07) is 20.2. The summed E-state index contributed by atoms with van der Waals surface area (Å²) < 4.78 is 5.62. The van der Waals surface area contributed by atoms with Gasteiger partial charge in [0.2, 0.25) is 0 Å². The molecule has 0 bridgehead atoms. The molecule has 0 fully saturated rings. The van der Waals surface area contributed by atoms with Gasteiger partial charge in [-0.1, -0.05) is 65.7 Å². The molecule has 3 aromatic carbocycles. The van der Waals surface area contributed by atoms with Crippen LogP contribution < -0.4 is 10.1 Å². The zero-order valence-electron chi connectivity index (χ0n) is 18.8. The van der Waals surface area contributed by atoms with Crippen molar-refractivity contribution < 1.29 is 9.53 Å². The molecule has 1 amide bonds. The molecule has 0 aliphatic carbocycles. The van der Waals surface area contributed by atoms with Crippen LogP contribution in [0.3, 0.4) is 0 Å². The first-order chi connectivity index (χ1) is 15.9. The van der Waals surface area contributed by atoms with E-state index in [2.05, 4.69) is 41.9 Å². The molecule has 6 heteroatoms. The van der Waals surface area contributed by atoms with Crippen LogP contribution in [0.25, 0.3) is 21.8 Å². The van der Waals surface area contributed by atoms with Gasteiger partial charge in [0, 0.05) is 28.1 Å². The maximum atomic E-state index is 12.2. The first kappa shape index (κ1) is 23.0. The van der Waals surface area contributed by atoms with E-state index in [4.69, 9.17) is 21.3 Å². The van der Waals surface area contributed by atoms with Crippen LogP contribution in [0.2, 0.25) is 5.02 Å². The number of ether oxygens (including phenoxy) is 1. The average molecular weight is 477 g/mol. The minimum absolute atomic E-state index is 0.0422. The lowest BCUT2D eigenvalue weighted by Crippen LogP contribution is -2.28. The van der Waals surface area contributed by atoms with Crippen molar-refractivity contribution in [2.75, 3.05) is 6.61 Å². The fourth-order valence-electron chi connectivity index (χ4n) is 3.42. The van der Waals surface area contributed by atoms with Gasteiger partial charge in [-0.05, 0) is 49.6 Å². The van der Waals surface area contributed by atoms with E-state index in [1.165, 1.54) is 5.56 Å². The number of nitrogens with one attached hydrogen (secondary N) is 1. The predicted molar refractivity (Wildman–Crippen MR) is 136 cm³/mol. The van der Waals surface area contributed by atoms with Crippen LogP contribution in [0.4, 0.5) is 0 Å². The van der Waals surface area contributed by atoms with Gasteiger partial charge in [-0.2, -0.15) is 0 Å². The van der Waals surface area contributed by atoms with Crippen molar-refractivity contribution in [2.24, 2.45) is 0 Å². The van der Waals surface area contributed by atoms with Crippen LogP contribution in [0, 0.1) is 20.8 Å². The highest BCUT2D eigenvalue weighted by Gasteiger charge is 2.09. The molecule has 1 aromatic heterocycles. The smallest absolute Gasteiger partial charge is 0.258 e. The van der Waals surface area contributed by atoms with Gasteiger partial charge in [-0.25, -0.2) is 4.98 Å². The number of nitrogens with zero attached hydrogens (tertiary/aromatic N) is 1. The van der Waals surface area contributed by atoms with Gasteiger partial charge in [-0.3, -0.25) is 4.79 Å². The molecule has 0 radical (unpaired) electrons. The van der Waals surface area contributed by atoms with E-state index >= 15 is 0 Å². The largest absolute Gasteiger partial charge is 0.484 e. The number of carbonyl (C=O) groups is 1. The molecule has 0 spiro atoms. The van der Waals surface area contributed by atoms with Crippen LogP contribution in [0.1, 0.15) is 22.3 Å². The van der Waals surface area contributed by atoms with E-state index in [0.717, 1.165) is 43.5 Å². The third-order valence-corrected chi connectivity index (χ3v) is 6.81. The monoisotopic (exact) mass is 476 g/mol. The van der Waals surface area contributed by atoms with Crippen molar-refractivity contribution in [3.8, 4) is 27.6 Å². The molecule has 0 aliphatic heterocycles. The Balaban J connectivity index is 1.31. The number of hydrogen-bond acceptors (Lipinski definition) is 4. The standard InChI is InChI=1S/C27H25ClN2O2S/c1-17-4-8-21(9-5-17)24-16-33-27(30-24)22-10-6-20(7-11-22)14-29-25(31)15-32-23-12-18(2)26(28)19(3)13-23/h4-13,16H,14-15H2,1-3H3,(H,29,31). The first-order valence-corrected chi connectivity index (χ1v) is 11.9. The molecule has 4 rings (SSSR count). The summed E-state index contributed by atoms with van der Waals surface area (Å²) in [7, 11) is 0. The van der Waals surface area contributed by atoms with Gasteiger partial charge in [0.05, 0.1) is 5.69 Å². The van der Waals surface area contributed by atoms with Crippen molar-refractivity contribution in [1.29, 1.82) is 0 Å². The Kier molecular flexibility index (Phi) is 7.11. The lowest BCUT2D eigenvalue weighted by molar-refractivity contribution is -0.123. The Morgan fingerprint density at radius 3 is 2.27 bits per heavy atom. The Bertz CT molecular complexity index is 1240. The molecule has 0 unspecified atom stereocenters. The van der Waals surface area contributed by atoms with Crippen molar-refractivity contribution in [3.05, 3.63) is 93.3 Å². The fourth-order valence-corrected chi connectivity index (χ4v) is 4.36. The maximum absolute atomic E-state index is 12.2. The Morgan fingerprint density at radius 1 is 0.970 bits per heavy atom. The highest BCUT2D eigenvalue weighted by atomic mass is 35.5. The van der Waals surface area contributed by atoms with Crippen molar-refractivity contribution in [1.82, 2.24) is 10.3 Å². The molecule has 1 N–H and O–H groups in total. The van der Waals surface area contributed by atoms with Gasteiger partial charge in [0.15, 0.2) is 6.61 Å². The van der Waals surface area contributed by atoms with Gasteiger partial charge in [0.25, 0.3) is 5.91 Å². The second-order valence-corrected chi connectivity index (χ2v) is 9.27. The molecule has 0 aliphatic rings. The third-order valence-electron chi connectivity index (χ3n) is 5.32. The number of rotatable bonds is 7. The number of benzene rings is 3. The summed E-state index contributed by atoms with van der Waals surface area (Å²) in [6.45, 7) is 6.31. The van der Waals surface area contributed by atoms with Crippen LogP contribution in [-0.2, 0) is 11.3 Å². The van der Waals surface area contributed by atoms with Crippen LogP contribution in [0.15, 0.2) is 66.0 Å². The van der Waals surface area contributed by atoms with E-state index in [1.807, 2.05) is 50.2 Å². The third kappa shape index (κ3) is 5.81. The minimum atomic E-state index is -0.174. The van der Waals surface area contributed by atoms with E-state index in [1.54, 1.807) is 11.3 Å². The average Bonchev–Trinajstić information content (AvgIpc) is 3.31. The Morgan fingerprint density at radius 2 is 1.61 bits per heavy atom. The summed E-state index contributed by atoms with van der Waals surface area (Å²) in [6.07, 6.45) is 0. The zero-order valence-corrected chi connectivity index (χ0v) is 20.4. The SMILES string of the molecule is Cc1ccc(-c2csc(-c3ccc(CNC(=O)COc4cc(C)c(Cl)c(C)c4)cc3)n2)cc1. The van der Waals surface area contributed by atoms with Gasteiger partial charge >= 0.3 is 0 Å². The predicted octanol–water partition coefficient (Wildman–Crippen LogP) is 6.75. The van der Waals surface area contributed by atoms with Crippen LogP contribution in [-0.4, -0.2) is 17.5 Å². The molecule has 0 atom stereocenters. The van der Waals surface area contributed by atoms with E-state index in [0.29, 0.717) is 12.3 Å². The summed E-state index contributed by atoms with van der Waals surface area (Å²) in [5, 5.41) is 6.67. The highest BCUT2D eigenvalue weighted by Crippen LogP contribution is 2.29. The number of thiazole rings is 1. The maximum Gasteiger partial charge on any atom is 0.258 e. The molecule has 4 aromatic rings. The normalized spacial score (nSPS) is 10.8. The van der Waals surface area contributed by atoms with E-state index in [-0.39, 0.29) is 12.5 Å². The molecule has 0 saturated carbocycles. The van der Waals surface area contributed by atoms with E-state index in [9.17, 15) is 4.79 Å².